The number of hydrogen-bond acceptors (Lipinski definition) is 6. The van der Waals surface area contributed by atoms with Crippen LogP contribution in [0.3, 0.4) is 0 Å². The average Bonchev–Trinajstić information content (AvgIpc) is 2.86. The largest absolute Gasteiger partial charge is 0.504 e. The number of rotatable bonds is 10. The smallest absolute Gasteiger partial charge is 0.168 e. The van der Waals surface area contributed by atoms with Crippen molar-refractivity contribution >= 4 is 29.8 Å². The Balaban J connectivity index is 1.58. The van der Waals surface area contributed by atoms with E-state index >= 15 is 0 Å². The Hall–Kier alpha value is -4.72. The highest BCUT2D eigenvalue weighted by molar-refractivity contribution is 6.10. The Kier molecular flexibility index (Phi) is 8.72. The number of ether oxygens (including phenoxy) is 2. The van der Waals surface area contributed by atoms with E-state index in [0.717, 1.165) is 12.1 Å². The number of phenols is 2. The van der Waals surface area contributed by atoms with Crippen molar-refractivity contribution in [2.45, 2.75) is 6.42 Å². The third kappa shape index (κ3) is 7.39. The van der Waals surface area contributed by atoms with Crippen LogP contribution in [0.5, 0.6) is 23.0 Å². The zero-order valence-electron chi connectivity index (χ0n) is 19.2. The number of benzene rings is 3. The van der Waals surface area contributed by atoms with Crippen molar-refractivity contribution in [1.29, 1.82) is 0 Å². The molecule has 0 aromatic heterocycles. The highest BCUT2D eigenvalue weighted by Gasteiger charge is 2.07. The molecule has 0 aliphatic heterocycles. The van der Waals surface area contributed by atoms with Crippen molar-refractivity contribution in [3.8, 4) is 23.0 Å². The van der Waals surface area contributed by atoms with Gasteiger partial charge < -0.3 is 19.7 Å². The van der Waals surface area contributed by atoms with Gasteiger partial charge in [-0.25, -0.2) is 8.78 Å². The first-order chi connectivity index (χ1) is 17.2. The summed E-state index contributed by atoms with van der Waals surface area (Å²) in [5, 5.41) is 19.6. The summed E-state index contributed by atoms with van der Waals surface area (Å²) in [7, 11) is 1.41. The fourth-order valence-electron chi connectivity index (χ4n) is 3.00. The molecule has 0 saturated carbocycles. The van der Waals surface area contributed by atoms with E-state index in [0.29, 0.717) is 16.7 Å². The first-order valence-corrected chi connectivity index (χ1v) is 10.7. The molecule has 6 nitrogen and oxygen atoms in total. The molecule has 3 aromatic rings. The summed E-state index contributed by atoms with van der Waals surface area (Å²) in [5.41, 5.74) is 1.51. The van der Waals surface area contributed by atoms with Crippen LogP contribution >= 0.6 is 0 Å². The van der Waals surface area contributed by atoms with Gasteiger partial charge in [0.1, 0.15) is 0 Å². The summed E-state index contributed by atoms with van der Waals surface area (Å²) in [6, 6.07) is 12.3. The summed E-state index contributed by atoms with van der Waals surface area (Å²) in [5.74, 6) is -2.65. The summed E-state index contributed by atoms with van der Waals surface area (Å²) < 4.78 is 36.7. The normalized spacial score (nSPS) is 11.4. The van der Waals surface area contributed by atoms with Crippen molar-refractivity contribution in [2.24, 2.45) is 0 Å². The van der Waals surface area contributed by atoms with Gasteiger partial charge in [-0.15, -0.1) is 0 Å². The van der Waals surface area contributed by atoms with Gasteiger partial charge in [-0.05, 0) is 71.3 Å². The fourth-order valence-corrected chi connectivity index (χ4v) is 3.00. The molecule has 0 amide bonds. The van der Waals surface area contributed by atoms with E-state index in [1.54, 1.807) is 18.2 Å². The average molecular weight is 492 g/mol. The number of allylic oxidation sites excluding steroid dienone is 2. The lowest BCUT2D eigenvalue weighted by molar-refractivity contribution is -0.121. The van der Waals surface area contributed by atoms with E-state index in [1.807, 2.05) is 0 Å². The molecule has 8 heteroatoms. The molecular weight excluding hydrogens is 470 g/mol. The molecule has 0 aliphatic carbocycles. The SMILES string of the molecule is COc1cc(/C=C/C(=O)CC(=O)/C=C/c2ccc(O)c(O/C=C/c3ccc(F)c(F)c3)c2)ccc1O. The number of methoxy groups -OCH3 is 1. The van der Waals surface area contributed by atoms with E-state index in [-0.39, 0.29) is 29.4 Å². The van der Waals surface area contributed by atoms with E-state index in [4.69, 9.17) is 9.47 Å². The second-order valence-electron chi connectivity index (χ2n) is 7.53. The summed E-state index contributed by atoms with van der Waals surface area (Å²) >= 11 is 0. The molecule has 0 fully saturated rings. The minimum absolute atomic E-state index is 0.0247. The minimum Gasteiger partial charge on any atom is -0.504 e. The Bertz CT molecular complexity index is 1360. The van der Waals surface area contributed by atoms with Crippen LogP contribution < -0.4 is 9.47 Å². The van der Waals surface area contributed by atoms with E-state index in [2.05, 4.69) is 0 Å². The lowest BCUT2D eigenvalue weighted by atomic mass is 10.1. The van der Waals surface area contributed by atoms with Gasteiger partial charge in [0.05, 0.1) is 19.8 Å². The molecule has 0 aliphatic rings. The first kappa shape index (κ1) is 25.9. The zero-order valence-corrected chi connectivity index (χ0v) is 19.2. The molecule has 3 aromatic carbocycles. The minimum atomic E-state index is -0.994. The van der Waals surface area contributed by atoms with E-state index in [9.17, 15) is 28.6 Å². The summed E-state index contributed by atoms with van der Waals surface area (Å²) in [4.78, 5) is 24.3. The molecular formula is C28H22F2O6. The Morgan fingerprint density at radius 2 is 1.28 bits per heavy atom. The van der Waals surface area contributed by atoms with E-state index < -0.39 is 23.2 Å². The molecule has 3 rings (SSSR count). The van der Waals surface area contributed by atoms with Crippen LogP contribution in [0.4, 0.5) is 8.78 Å². The summed E-state index contributed by atoms with van der Waals surface area (Å²) in [6.45, 7) is 0. The maximum absolute atomic E-state index is 13.3. The number of halogens is 2. The highest BCUT2D eigenvalue weighted by Crippen LogP contribution is 2.28. The molecule has 36 heavy (non-hydrogen) atoms. The Labute approximate surface area is 206 Å². The van der Waals surface area contributed by atoms with Crippen molar-refractivity contribution in [1.82, 2.24) is 0 Å². The van der Waals surface area contributed by atoms with Crippen LogP contribution in [0, 0.1) is 11.6 Å². The van der Waals surface area contributed by atoms with Gasteiger partial charge in [-0.3, -0.25) is 9.59 Å². The van der Waals surface area contributed by atoms with Crippen molar-refractivity contribution in [2.75, 3.05) is 7.11 Å². The maximum atomic E-state index is 13.3. The maximum Gasteiger partial charge on any atom is 0.168 e. The van der Waals surface area contributed by atoms with Crippen molar-refractivity contribution in [3.05, 3.63) is 101 Å². The molecule has 184 valence electrons. The van der Waals surface area contributed by atoms with Crippen molar-refractivity contribution in [3.63, 3.8) is 0 Å². The number of phenolic OH excluding ortho intramolecular Hbond substituents is 2. The fraction of sp³-hybridized carbons (Fsp3) is 0.0714. The number of hydrogen-bond donors (Lipinski definition) is 2. The van der Waals surface area contributed by atoms with Crippen LogP contribution in [0.25, 0.3) is 18.2 Å². The highest BCUT2D eigenvalue weighted by atomic mass is 19.2. The van der Waals surface area contributed by atoms with Crippen LogP contribution in [-0.4, -0.2) is 28.9 Å². The molecule has 0 bridgehead atoms. The third-order valence-corrected chi connectivity index (χ3v) is 4.86. The summed E-state index contributed by atoms with van der Waals surface area (Å²) in [6.07, 6.45) is 7.73. The second-order valence-corrected chi connectivity index (χ2v) is 7.53. The number of aromatic hydroxyl groups is 2. The number of ketones is 2. The van der Waals surface area contributed by atoms with Gasteiger partial charge in [0, 0.05) is 0 Å². The van der Waals surface area contributed by atoms with Gasteiger partial charge >= 0.3 is 0 Å². The number of carbonyl (C=O) groups excluding carboxylic acids is 2. The van der Waals surface area contributed by atoms with Crippen LogP contribution in [0.1, 0.15) is 23.1 Å². The van der Waals surface area contributed by atoms with Gasteiger partial charge in [-0.1, -0.05) is 30.4 Å². The Morgan fingerprint density at radius 1 is 0.750 bits per heavy atom. The standard InChI is InChI=1S/C28H22F2O6/c1-35-27-15-18(5-10-25(27)33)2-7-21(31)17-22(32)8-3-19-6-11-26(34)28(16-19)36-13-12-20-4-9-23(29)24(30)14-20/h2-16,33-34H,17H2,1H3/b7-2+,8-3+,13-12+. The topological polar surface area (TPSA) is 93.1 Å². The first-order valence-electron chi connectivity index (χ1n) is 10.7. The molecule has 0 heterocycles. The monoisotopic (exact) mass is 492 g/mol. The second kappa shape index (κ2) is 12.1. The van der Waals surface area contributed by atoms with Gasteiger partial charge in [0.25, 0.3) is 0 Å². The predicted octanol–water partition coefficient (Wildman–Crippen LogP) is 5.69. The molecule has 0 atom stereocenters. The van der Waals surface area contributed by atoms with Gasteiger partial charge in [0.2, 0.25) is 0 Å². The molecule has 0 radical (unpaired) electrons. The Morgan fingerprint density at radius 3 is 1.86 bits per heavy atom. The quantitative estimate of drug-likeness (QED) is 0.215. The number of carbonyl (C=O) groups is 2. The van der Waals surface area contributed by atoms with Crippen molar-refractivity contribution < 1.29 is 38.1 Å². The zero-order chi connectivity index (χ0) is 26.1. The van der Waals surface area contributed by atoms with Crippen LogP contribution in [0.15, 0.2) is 73.0 Å². The molecule has 0 unspecified atom stereocenters. The lowest BCUT2D eigenvalue weighted by Crippen LogP contribution is -2.01. The van der Waals surface area contributed by atoms with Gasteiger partial charge in [0.15, 0.2) is 46.2 Å². The predicted molar refractivity (Wildman–Crippen MR) is 131 cm³/mol. The molecule has 0 saturated heterocycles. The molecule has 2 N–H and O–H groups in total. The van der Waals surface area contributed by atoms with Gasteiger partial charge in [-0.2, -0.15) is 0 Å². The molecule has 0 spiro atoms. The lowest BCUT2D eigenvalue weighted by Gasteiger charge is -2.05. The van der Waals surface area contributed by atoms with Crippen LogP contribution in [0.2, 0.25) is 0 Å². The third-order valence-electron chi connectivity index (χ3n) is 4.86. The van der Waals surface area contributed by atoms with Crippen LogP contribution in [-0.2, 0) is 9.59 Å². The van der Waals surface area contributed by atoms with E-state index in [1.165, 1.54) is 68.0 Å².